The number of nitrogens with one attached hydrogen (secondary N) is 1. The van der Waals surface area contributed by atoms with E-state index in [0.717, 1.165) is 17.5 Å². The third kappa shape index (κ3) is 2.41. The van der Waals surface area contributed by atoms with Gasteiger partial charge in [0.05, 0.1) is 26.4 Å². The van der Waals surface area contributed by atoms with Gasteiger partial charge in [0.2, 0.25) is 0 Å². The fraction of sp³-hybridized carbons (Fsp3) is 0.462. The molecule has 0 fully saturated rings. The maximum Gasteiger partial charge on any atom is 0.407 e. The second-order valence-corrected chi connectivity index (χ2v) is 4.29. The Balaban J connectivity index is 2.20. The lowest BCUT2D eigenvalue weighted by molar-refractivity contribution is 0.104. The van der Waals surface area contributed by atoms with Crippen LogP contribution in [0.3, 0.4) is 0 Å². The molecule has 0 aromatic heterocycles. The van der Waals surface area contributed by atoms with Crippen molar-refractivity contribution in [2.45, 2.75) is 25.0 Å². The number of aliphatic hydroxyl groups excluding tert-OH is 1. The Morgan fingerprint density at radius 3 is 2.89 bits per heavy atom. The zero-order valence-corrected chi connectivity index (χ0v) is 10.5. The third-order valence-electron chi connectivity index (χ3n) is 3.27. The molecule has 5 nitrogen and oxygen atoms in total. The van der Waals surface area contributed by atoms with Gasteiger partial charge in [-0.05, 0) is 36.1 Å². The summed E-state index contributed by atoms with van der Waals surface area (Å²) in [4.78, 5) is 11.2. The van der Waals surface area contributed by atoms with Crippen molar-refractivity contribution in [2.24, 2.45) is 0 Å². The molecule has 2 atom stereocenters. The summed E-state index contributed by atoms with van der Waals surface area (Å²) in [5, 5.41) is 12.9. The Morgan fingerprint density at radius 1 is 1.44 bits per heavy atom. The lowest BCUT2D eigenvalue weighted by Gasteiger charge is -2.30. The van der Waals surface area contributed by atoms with E-state index in [1.165, 1.54) is 7.11 Å². The minimum atomic E-state index is -0.733. The number of alkyl carbamates (subject to hydrolysis) is 1. The first-order valence-electron chi connectivity index (χ1n) is 5.85. The molecule has 1 aliphatic carbocycles. The number of hydrogen-bond acceptors (Lipinski definition) is 4. The number of aliphatic hydroxyl groups is 1. The van der Waals surface area contributed by atoms with E-state index in [0.29, 0.717) is 12.2 Å². The van der Waals surface area contributed by atoms with Crippen molar-refractivity contribution in [3.05, 3.63) is 29.3 Å². The van der Waals surface area contributed by atoms with Gasteiger partial charge in [0.25, 0.3) is 0 Å². The van der Waals surface area contributed by atoms with Gasteiger partial charge in [0, 0.05) is 0 Å². The van der Waals surface area contributed by atoms with Crippen LogP contribution in [0.5, 0.6) is 5.75 Å². The Labute approximate surface area is 106 Å². The number of fused-ring (bicyclic) bond motifs is 1. The highest BCUT2D eigenvalue weighted by Gasteiger charge is 2.29. The number of hydrogen-bond donors (Lipinski definition) is 2. The summed E-state index contributed by atoms with van der Waals surface area (Å²) >= 11 is 0. The topological polar surface area (TPSA) is 67.8 Å². The Bertz CT molecular complexity index is 447. The van der Waals surface area contributed by atoms with Gasteiger partial charge in [-0.1, -0.05) is 6.07 Å². The van der Waals surface area contributed by atoms with Gasteiger partial charge in [-0.3, -0.25) is 0 Å². The zero-order valence-electron chi connectivity index (χ0n) is 10.5. The minimum Gasteiger partial charge on any atom is -0.497 e. The van der Waals surface area contributed by atoms with Crippen LogP contribution in [-0.4, -0.2) is 31.5 Å². The van der Waals surface area contributed by atoms with Gasteiger partial charge in [0.15, 0.2) is 0 Å². The summed E-state index contributed by atoms with van der Waals surface area (Å²) in [6.07, 6.45) is 0.244. The molecule has 98 valence electrons. The second-order valence-electron chi connectivity index (χ2n) is 4.29. The number of carbonyl (C=O) groups excluding carboxylic acids is 1. The van der Waals surface area contributed by atoms with Crippen LogP contribution >= 0.6 is 0 Å². The molecule has 1 aromatic rings. The van der Waals surface area contributed by atoms with Crippen LogP contribution in [0, 0.1) is 0 Å². The average molecular weight is 251 g/mol. The normalized spacial score (nSPS) is 21.9. The summed E-state index contributed by atoms with van der Waals surface area (Å²) in [5.74, 6) is 0.700. The molecule has 0 saturated carbocycles. The zero-order chi connectivity index (χ0) is 13.1. The van der Waals surface area contributed by atoms with Crippen molar-refractivity contribution >= 4 is 6.09 Å². The van der Waals surface area contributed by atoms with E-state index >= 15 is 0 Å². The maximum atomic E-state index is 11.2. The number of amides is 1. The van der Waals surface area contributed by atoms with Gasteiger partial charge in [-0.15, -0.1) is 0 Å². The summed E-state index contributed by atoms with van der Waals surface area (Å²) in [6, 6.07) is 5.31. The van der Waals surface area contributed by atoms with E-state index in [-0.39, 0.29) is 6.04 Å². The quantitative estimate of drug-likeness (QED) is 0.833. The maximum absolute atomic E-state index is 11.2. The molecule has 2 N–H and O–H groups in total. The Hall–Kier alpha value is -1.75. The molecule has 0 heterocycles. The standard InChI is InChI=1S/C13H17NO4/c1-17-9-5-3-8-4-6-11(14-13(16)18-2)12(15)10(8)7-9/h3,5,7,11-12,15H,4,6H2,1-2H3,(H,14,16)/t11-,12-/m1/s1. The van der Waals surface area contributed by atoms with Crippen molar-refractivity contribution in [2.75, 3.05) is 14.2 Å². The number of rotatable bonds is 2. The minimum absolute atomic E-state index is 0.322. The van der Waals surface area contributed by atoms with Crippen LogP contribution in [-0.2, 0) is 11.2 Å². The van der Waals surface area contributed by atoms with E-state index in [4.69, 9.17) is 4.74 Å². The number of benzene rings is 1. The van der Waals surface area contributed by atoms with Crippen molar-refractivity contribution in [3.63, 3.8) is 0 Å². The molecule has 0 spiro atoms. The van der Waals surface area contributed by atoms with Crippen molar-refractivity contribution in [1.82, 2.24) is 5.32 Å². The summed E-state index contributed by atoms with van der Waals surface area (Å²) in [5.41, 5.74) is 1.90. The lowest BCUT2D eigenvalue weighted by Crippen LogP contribution is -2.41. The van der Waals surface area contributed by atoms with Gasteiger partial charge in [-0.25, -0.2) is 4.79 Å². The number of methoxy groups -OCH3 is 2. The molecular formula is C13H17NO4. The molecule has 1 aromatic carbocycles. The largest absolute Gasteiger partial charge is 0.497 e. The Kier molecular flexibility index (Phi) is 3.72. The van der Waals surface area contributed by atoms with Crippen molar-refractivity contribution in [1.29, 1.82) is 0 Å². The van der Waals surface area contributed by atoms with Crippen molar-refractivity contribution in [3.8, 4) is 5.75 Å². The summed E-state index contributed by atoms with van der Waals surface area (Å²) in [6.45, 7) is 0. The van der Waals surface area contributed by atoms with Crippen molar-refractivity contribution < 1.29 is 19.4 Å². The molecule has 0 saturated heterocycles. The molecule has 0 bridgehead atoms. The predicted molar refractivity (Wildman–Crippen MR) is 65.6 cm³/mol. The van der Waals surface area contributed by atoms with Crippen LogP contribution in [0.2, 0.25) is 0 Å². The second kappa shape index (κ2) is 5.27. The summed E-state index contributed by atoms with van der Waals surface area (Å²) < 4.78 is 9.69. The third-order valence-corrected chi connectivity index (χ3v) is 3.27. The first-order valence-corrected chi connectivity index (χ1v) is 5.85. The number of carbonyl (C=O) groups is 1. The monoisotopic (exact) mass is 251 g/mol. The highest BCUT2D eigenvalue weighted by Crippen LogP contribution is 2.32. The van der Waals surface area contributed by atoms with E-state index < -0.39 is 12.2 Å². The molecule has 0 aliphatic heterocycles. The predicted octanol–water partition coefficient (Wildman–Crippen LogP) is 1.40. The van der Waals surface area contributed by atoms with Gasteiger partial charge in [0.1, 0.15) is 5.75 Å². The molecule has 1 aliphatic rings. The van der Waals surface area contributed by atoms with Crippen LogP contribution in [0.1, 0.15) is 23.7 Å². The van der Waals surface area contributed by atoms with Crippen LogP contribution in [0.25, 0.3) is 0 Å². The lowest BCUT2D eigenvalue weighted by atomic mass is 9.86. The molecule has 18 heavy (non-hydrogen) atoms. The van der Waals surface area contributed by atoms with Crippen LogP contribution < -0.4 is 10.1 Å². The fourth-order valence-corrected chi connectivity index (χ4v) is 2.25. The van der Waals surface area contributed by atoms with E-state index in [1.54, 1.807) is 7.11 Å². The summed E-state index contributed by atoms with van der Waals surface area (Å²) in [7, 11) is 2.89. The van der Waals surface area contributed by atoms with Crippen LogP contribution in [0.15, 0.2) is 18.2 Å². The van der Waals surface area contributed by atoms with Gasteiger partial charge in [-0.2, -0.15) is 0 Å². The van der Waals surface area contributed by atoms with E-state index in [2.05, 4.69) is 10.1 Å². The van der Waals surface area contributed by atoms with E-state index in [9.17, 15) is 9.90 Å². The molecular weight excluding hydrogens is 234 g/mol. The van der Waals surface area contributed by atoms with Crippen LogP contribution in [0.4, 0.5) is 4.79 Å². The molecule has 0 unspecified atom stereocenters. The fourth-order valence-electron chi connectivity index (χ4n) is 2.25. The first-order chi connectivity index (χ1) is 8.65. The molecule has 2 rings (SSSR count). The highest BCUT2D eigenvalue weighted by molar-refractivity contribution is 5.67. The molecule has 1 amide bonds. The van der Waals surface area contributed by atoms with E-state index in [1.807, 2.05) is 18.2 Å². The SMILES string of the molecule is COC(=O)N[C@@H]1CCc2ccc(OC)cc2[C@H]1O. The van der Waals surface area contributed by atoms with Gasteiger partial charge >= 0.3 is 6.09 Å². The van der Waals surface area contributed by atoms with Gasteiger partial charge < -0.3 is 19.9 Å². The smallest absolute Gasteiger partial charge is 0.407 e. The number of ether oxygens (including phenoxy) is 2. The first kappa shape index (κ1) is 12.7. The molecule has 5 heteroatoms. The average Bonchev–Trinajstić information content (AvgIpc) is 2.41. The molecule has 0 radical (unpaired) electrons. The number of aryl methyl sites for hydroxylation is 1. The highest BCUT2D eigenvalue weighted by atomic mass is 16.5. The Morgan fingerprint density at radius 2 is 2.22 bits per heavy atom.